The fraction of sp³-hybridized carbons (Fsp3) is 0.600. The first-order chi connectivity index (χ1) is 14.1. The lowest BCUT2D eigenvalue weighted by Crippen LogP contribution is -2.07. The predicted octanol–water partition coefficient (Wildman–Crippen LogP) is 6.26. The number of allylic oxidation sites excluding steroid dienone is 6. The summed E-state index contributed by atoms with van der Waals surface area (Å²) in [5, 5.41) is 0. The molecular formula is C25H39N3O. The van der Waals surface area contributed by atoms with Crippen molar-refractivity contribution >= 4 is 11.4 Å². The highest BCUT2D eigenvalue weighted by atomic mass is 16.1. The minimum atomic E-state index is 0.376. The fourth-order valence-electron chi connectivity index (χ4n) is 3.90. The third kappa shape index (κ3) is 7.34. The summed E-state index contributed by atoms with van der Waals surface area (Å²) in [6.07, 6.45) is 19.8. The van der Waals surface area contributed by atoms with Crippen molar-refractivity contribution < 1.29 is 4.79 Å². The molecule has 0 aliphatic heterocycles. The third-order valence-corrected chi connectivity index (χ3v) is 5.93. The van der Waals surface area contributed by atoms with Crippen LogP contribution in [0.4, 0.5) is 0 Å². The Hall–Kier alpha value is -2.10. The van der Waals surface area contributed by atoms with Gasteiger partial charge in [-0.25, -0.2) is 4.98 Å². The number of hydrogen-bond acceptors (Lipinski definition) is 3. The van der Waals surface area contributed by atoms with Gasteiger partial charge in [-0.3, -0.25) is 4.79 Å². The fourth-order valence-corrected chi connectivity index (χ4v) is 3.90. The maximum Gasteiger partial charge on any atom is 0.132 e. The Morgan fingerprint density at radius 3 is 2.72 bits per heavy atom. The van der Waals surface area contributed by atoms with Crippen LogP contribution >= 0.6 is 0 Å². The van der Waals surface area contributed by atoms with Gasteiger partial charge < -0.3 is 10.7 Å². The number of nitrogens with two attached hydrogens (primary N) is 1. The van der Waals surface area contributed by atoms with Crippen LogP contribution in [0.15, 0.2) is 35.7 Å². The number of rotatable bonds is 12. The van der Waals surface area contributed by atoms with Crippen LogP contribution in [0, 0.1) is 5.92 Å². The summed E-state index contributed by atoms with van der Waals surface area (Å²) in [6, 6.07) is 0. The second kappa shape index (κ2) is 12.5. The number of H-pyrrole nitrogens is 1. The summed E-state index contributed by atoms with van der Waals surface area (Å²) >= 11 is 0. The number of nitrogens with zero attached hydrogens (tertiary/aromatic N) is 1. The van der Waals surface area contributed by atoms with Crippen molar-refractivity contribution in [3.05, 3.63) is 47.2 Å². The van der Waals surface area contributed by atoms with Gasteiger partial charge in [0, 0.05) is 30.5 Å². The van der Waals surface area contributed by atoms with Crippen molar-refractivity contribution in [2.24, 2.45) is 11.7 Å². The molecule has 160 valence electrons. The van der Waals surface area contributed by atoms with E-state index in [-0.39, 0.29) is 0 Å². The first-order valence-electron chi connectivity index (χ1n) is 11.5. The molecule has 0 bridgehead atoms. The number of carbonyl (C=O) groups excluding carboxylic acids is 1. The van der Waals surface area contributed by atoms with Gasteiger partial charge in [-0.2, -0.15) is 0 Å². The van der Waals surface area contributed by atoms with E-state index in [0.717, 1.165) is 74.2 Å². The summed E-state index contributed by atoms with van der Waals surface area (Å²) in [7, 11) is 0. The van der Waals surface area contributed by atoms with Crippen LogP contribution in [0.2, 0.25) is 0 Å². The Morgan fingerprint density at radius 1 is 1.21 bits per heavy atom. The zero-order chi connectivity index (χ0) is 21.1. The maximum atomic E-state index is 11.4. The molecule has 4 nitrogen and oxygen atoms in total. The van der Waals surface area contributed by atoms with Crippen molar-refractivity contribution in [3.8, 4) is 0 Å². The van der Waals surface area contributed by atoms with E-state index in [1.165, 1.54) is 18.4 Å². The Balaban J connectivity index is 1.98. The number of hydrogen-bond donors (Lipinski definition) is 2. The predicted molar refractivity (Wildman–Crippen MR) is 122 cm³/mol. The highest BCUT2D eigenvalue weighted by Gasteiger charge is 2.16. The summed E-state index contributed by atoms with van der Waals surface area (Å²) < 4.78 is 0. The molecule has 1 atom stereocenters. The van der Waals surface area contributed by atoms with Gasteiger partial charge >= 0.3 is 0 Å². The van der Waals surface area contributed by atoms with Crippen LogP contribution in [-0.2, 0) is 11.2 Å². The molecule has 1 aliphatic rings. The van der Waals surface area contributed by atoms with E-state index in [1.807, 2.05) is 13.1 Å². The minimum Gasteiger partial charge on any atom is -0.402 e. The number of aryl methyl sites for hydroxylation is 1. The van der Waals surface area contributed by atoms with Gasteiger partial charge in [-0.15, -0.1) is 0 Å². The monoisotopic (exact) mass is 397 g/mol. The molecule has 1 unspecified atom stereocenters. The lowest BCUT2D eigenvalue weighted by Gasteiger charge is -2.20. The smallest absolute Gasteiger partial charge is 0.132 e. The van der Waals surface area contributed by atoms with Crippen LogP contribution in [0.3, 0.4) is 0 Å². The molecule has 0 saturated heterocycles. The molecule has 0 radical (unpaired) electrons. The molecule has 2 rings (SSSR count). The Labute approximate surface area is 176 Å². The molecule has 0 amide bonds. The number of carbonyl (C=O) groups is 1. The number of imidazole rings is 1. The molecule has 1 heterocycles. The van der Waals surface area contributed by atoms with Gasteiger partial charge in [0.15, 0.2) is 0 Å². The third-order valence-electron chi connectivity index (χ3n) is 5.93. The molecule has 1 aliphatic carbocycles. The Kier molecular flexibility index (Phi) is 9.96. The van der Waals surface area contributed by atoms with Crippen molar-refractivity contribution in [2.75, 3.05) is 0 Å². The molecule has 4 heteroatoms. The van der Waals surface area contributed by atoms with E-state index in [9.17, 15) is 4.79 Å². The van der Waals surface area contributed by atoms with Gasteiger partial charge in [0.1, 0.15) is 11.6 Å². The average molecular weight is 398 g/mol. The summed E-state index contributed by atoms with van der Waals surface area (Å²) in [5.41, 5.74) is 10.8. The molecule has 0 fully saturated rings. The van der Waals surface area contributed by atoms with E-state index in [4.69, 9.17) is 5.73 Å². The minimum absolute atomic E-state index is 0.376. The topological polar surface area (TPSA) is 71.8 Å². The van der Waals surface area contributed by atoms with Crippen molar-refractivity contribution in [2.45, 2.75) is 91.4 Å². The number of aromatic amines is 1. The van der Waals surface area contributed by atoms with E-state index >= 15 is 0 Å². The van der Waals surface area contributed by atoms with Gasteiger partial charge in [-0.1, -0.05) is 45.8 Å². The maximum absolute atomic E-state index is 11.4. The van der Waals surface area contributed by atoms with E-state index < -0.39 is 0 Å². The Morgan fingerprint density at radius 2 is 2.00 bits per heavy atom. The molecule has 0 saturated carbocycles. The number of aromatic nitrogens is 2. The lowest BCUT2D eigenvalue weighted by atomic mass is 9.85. The van der Waals surface area contributed by atoms with Gasteiger partial charge in [-0.05, 0) is 56.1 Å². The van der Waals surface area contributed by atoms with E-state index in [1.54, 1.807) is 0 Å². The van der Waals surface area contributed by atoms with E-state index in [2.05, 4.69) is 42.0 Å². The summed E-state index contributed by atoms with van der Waals surface area (Å²) in [5.74, 6) is 2.01. The molecule has 0 aromatic carbocycles. The quantitative estimate of drug-likeness (QED) is 0.409. The molecule has 3 N–H and O–H groups in total. The zero-order valence-electron chi connectivity index (χ0n) is 18.6. The zero-order valence-corrected chi connectivity index (χ0v) is 18.6. The van der Waals surface area contributed by atoms with Crippen molar-refractivity contribution in [3.63, 3.8) is 0 Å². The van der Waals surface area contributed by atoms with Gasteiger partial charge in [0.2, 0.25) is 0 Å². The molecule has 0 spiro atoms. The normalized spacial score (nSPS) is 18.9. The number of ketones is 1. The molecule has 1 aromatic rings. The van der Waals surface area contributed by atoms with Crippen LogP contribution in [0.25, 0.3) is 5.57 Å². The van der Waals surface area contributed by atoms with E-state index in [0.29, 0.717) is 18.1 Å². The van der Waals surface area contributed by atoms with Crippen LogP contribution in [-0.4, -0.2) is 15.8 Å². The second-order valence-electron chi connectivity index (χ2n) is 8.07. The lowest BCUT2D eigenvalue weighted by molar-refractivity contribution is -0.118. The van der Waals surface area contributed by atoms with Crippen LogP contribution in [0.1, 0.15) is 96.5 Å². The summed E-state index contributed by atoms with van der Waals surface area (Å²) in [6.45, 7) is 6.30. The number of unbranched alkanes of at least 4 members (excludes halogenated alkanes) is 3. The average Bonchev–Trinajstić information content (AvgIpc) is 3.22. The van der Waals surface area contributed by atoms with Crippen molar-refractivity contribution in [1.82, 2.24) is 9.97 Å². The molecular weight excluding hydrogens is 358 g/mol. The number of nitrogens with one attached hydrogen (secondary N) is 1. The SMILES string of the molecule is CCC(=O)CCCCCCc1ncc(C(/C=C2/C=CCCC2CC)=C(/N)CC)[nH]1. The Bertz CT molecular complexity index is 739. The van der Waals surface area contributed by atoms with Gasteiger partial charge in [0.05, 0.1) is 11.9 Å². The van der Waals surface area contributed by atoms with Crippen LogP contribution < -0.4 is 5.73 Å². The highest BCUT2D eigenvalue weighted by Crippen LogP contribution is 2.30. The largest absolute Gasteiger partial charge is 0.402 e. The first kappa shape index (κ1) is 23.2. The van der Waals surface area contributed by atoms with Crippen LogP contribution in [0.5, 0.6) is 0 Å². The van der Waals surface area contributed by atoms with Gasteiger partial charge in [0.25, 0.3) is 0 Å². The number of Topliss-reactive ketones (excluding diaryl/α,β-unsaturated/α-hetero) is 1. The first-order valence-corrected chi connectivity index (χ1v) is 11.5. The summed E-state index contributed by atoms with van der Waals surface area (Å²) in [4.78, 5) is 19.5. The molecule has 29 heavy (non-hydrogen) atoms. The van der Waals surface area contributed by atoms with Crippen molar-refractivity contribution in [1.29, 1.82) is 0 Å². The standard InChI is InChI=1S/C25H39N3O/c1-4-19-13-11-12-14-20(19)17-22(23(26)6-3)24-18-27-25(28-24)16-10-8-7-9-15-21(29)5-2/h12,14,17-19H,4-11,13,15-16,26H2,1-3H3,(H,27,28)/b20-17-,23-22+. The highest BCUT2D eigenvalue weighted by molar-refractivity contribution is 5.77. The molecule has 1 aromatic heterocycles. The second-order valence-corrected chi connectivity index (χ2v) is 8.07.